The van der Waals surface area contributed by atoms with Gasteiger partial charge in [-0.05, 0) is 39.8 Å². The van der Waals surface area contributed by atoms with Crippen LogP contribution in [0.25, 0.3) is 33.5 Å². The minimum absolute atomic E-state index is 0.192. The van der Waals surface area contributed by atoms with Crippen LogP contribution in [0, 0.1) is 6.92 Å². The zero-order valence-corrected chi connectivity index (χ0v) is 20.5. The van der Waals surface area contributed by atoms with Gasteiger partial charge in [0.2, 0.25) is 0 Å². The molecular weight excluding hydrogens is 440 g/mol. The Morgan fingerprint density at radius 2 is 1.94 bits per heavy atom. The number of hydrogen-bond donors (Lipinski definition) is 1. The maximum Gasteiger partial charge on any atom is 0.259 e. The molecule has 0 saturated carbocycles. The van der Waals surface area contributed by atoms with Gasteiger partial charge in [0, 0.05) is 48.0 Å². The van der Waals surface area contributed by atoms with Crippen molar-refractivity contribution in [3.8, 4) is 22.6 Å². The average Bonchev–Trinajstić information content (AvgIpc) is 3.58. The summed E-state index contributed by atoms with van der Waals surface area (Å²) in [5.74, 6) is 0.918. The molecule has 1 aromatic carbocycles. The van der Waals surface area contributed by atoms with E-state index >= 15 is 0 Å². The van der Waals surface area contributed by atoms with Gasteiger partial charge in [0.25, 0.3) is 5.91 Å². The molecule has 178 valence electrons. The van der Waals surface area contributed by atoms with Gasteiger partial charge in [0.1, 0.15) is 17.8 Å². The fourth-order valence-electron chi connectivity index (χ4n) is 4.44. The normalized spacial score (nSPS) is 11.5. The van der Waals surface area contributed by atoms with Crippen LogP contribution in [0.5, 0.6) is 0 Å². The molecule has 1 amide bonds. The minimum Gasteiger partial charge on any atom is -0.347 e. The van der Waals surface area contributed by atoms with E-state index in [1.165, 1.54) is 0 Å². The Bertz CT molecular complexity index is 1540. The van der Waals surface area contributed by atoms with Crippen molar-refractivity contribution < 1.29 is 4.79 Å². The highest BCUT2D eigenvalue weighted by Gasteiger charge is 2.22. The summed E-state index contributed by atoms with van der Waals surface area (Å²) in [5.41, 5.74) is 5.22. The summed E-state index contributed by atoms with van der Waals surface area (Å²) in [6.07, 6.45) is 5.59. The van der Waals surface area contributed by atoms with Gasteiger partial charge in [-0.25, -0.2) is 4.98 Å². The number of carbonyl (C=O) groups is 1. The molecule has 0 saturated heterocycles. The van der Waals surface area contributed by atoms with Crippen LogP contribution in [-0.4, -0.2) is 40.0 Å². The number of nitrogens with one attached hydrogen (secondary N) is 1. The molecule has 9 nitrogen and oxygen atoms in total. The summed E-state index contributed by atoms with van der Waals surface area (Å²) in [4.78, 5) is 18.2. The van der Waals surface area contributed by atoms with Gasteiger partial charge in [-0.3, -0.25) is 9.48 Å². The molecule has 0 bridgehead atoms. The van der Waals surface area contributed by atoms with Crippen molar-refractivity contribution in [1.82, 2.24) is 34.1 Å². The molecule has 4 aromatic heterocycles. The number of pyridine rings is 1. The molecule has 0 atom stereocenters. The Kier molecular flexibility index (Phi) is 5.68. The first-order valence-corrected chi connectivity index (χ1v) is 11.7. The molecule has 0 radical (unpaired) electrons. The van der Waals surface area contributed by atoms with Crippen LogP contribution in [0.2, 0.25) is 0 Å². The quantitative estimate of drug-likeness (QED) is 0.384. The van der Waals surface area contributed by atoms with E-state index in [0.29, 0.717) is 22.9 Å². The number of carbonyl (C=O) groups excluding carboxylic acids is 1. The lowest BCUT2D eigenvalue weighted by Gasteiger charge is -2.11. The predicted molar refractivity (Wildman–Crippen MR) is 136 cm³/mol. The molecule has 9 heteroatoms. The van der Waals surface area contributed by atoms with Gasteiger partial charge < -0.3 is 14.5 Å². The fraction of sp³-hybridized carbons (Fsp3) is 0.269. The summed E-state index contributed by atoms with van der Waals surface area (Å²) in [6, 6.07) is 11.7. The first-order chi connectivity index (χ1) is 16.9. The second-order valence-corrected chi connectivity index (χ2v) is 8.82. The molecule has 1 N–H and O–H groups in total. The van der Waals surface area contributed by atoms with Crippen LogP contribution in [0.15, 0.2) is 55.1 Å². The third-order valence-electron chi connectivity index (χ3n) is 6.35. The number of amides is 1. The molecule has 5 rings (SSSR count). The van der Waals surface area contributed by atoms with E-state index < -0.39 is 0 Å². The van der Waals surface area contributed by atoms with Crippen LogP contribution >= 0.6 is 0 Å². The fourth-order valence-corrected chi connectivity index (χ4v) is 4.44. The van der Waals surface area contributed by atoms with Gasteiger partial charge in [0.15, 0.2) is 5.82 Å². The molecule has 4 heterocycles. The number of aromatic nitrogens is 7. The number of rotatable bonds is 6. The summed E-state index contributed by atoms with van der Waals surface area (Å²) >= 11 is 0. The van der Waals surface area contributed by atoms with Crippen LogP contribution in [0.1, 0.15) is 42.9 Å². The van der Waals surface area contributed by atoms with Crippen LogP contribution in [0.3, 0.4) is 0 Å². The second kappa shape index (κ2) is 8.83. The van der Waals surface area contributed by atoms with E-state index in [1.54, 1.807) is 12.4 Å². The van der Waals surface area contributed by atoms with Crippen LogP contribution in [-0.2, 0) is 13.6 Å². The first kappa shape index (κ1) is 22.5. The van der Waals surface area contributed by atoms with E-state index in [-0.39, 0.29) is 11.9 Å². The van der Waals surface area contributed by atoms with Crippen molar-refractivity contribution in [3.63, 3.8) is 0 Å². The molecule has 0 aliphatic rings. The maximum atomic E-state index is 13.5. The van der Waals surface area contributed by atoms with Crippen molar-refractivity contribution in [2.24, 2.45) is 7.05 Å². The van der Waals surface area contributed by atoms with E-state index in [4.69, 9.17) is 0 Å². The lowest BCUT2D eigenvalue weighted by atomic mass is 10.0. The summed E-state index contributed by atoms with van der Waals surface area (Å²) in [7, 11) is 1.99. The average molecular weight is 469 g/mol. The van der Waals surface area contributed by atoms with Crippen LogP contribution in [0.4, 0.5) is 5.82 Å². The zero-order valence-electron chi connectivity index (χ0n) is 20.5. The van der Waals surface area contributed by atoms with Crippen molar-refractivity contribution in [1.29, 1.82) is 0 Å². The molecule has 5 aromatic rings. The van der Waals surface area contributed by atoms with Gasteiger partial charge in [0.05, 0.1) is 17.3 Å². The Balaban J connectivity index is 1.52. The highest BCUT2D eigenvalue weighted by atomic mass is 16.1. The van der Waals surface area contributed by atoms with Crippen molar-refractivity contribution in [2.75, 3.05) is 5.32 Å². The van der Waals surface area contributed by atoms with E-state index in [0.717, 1.165) is 34.3 Å². The topological polar surface area (TPSA) is 95.5 Å². The Morgan fingerprint density at radius 3 is 2.69 bits per heavy atom. The van der Waals surface area contributed by atoms with Gasteiger partial charge in [-0.1, -0.05) is 24.3 Å². The third-order valence-corrected chi connectivity index (χ3v) is 6.35. The number of nitrogens with zero attached hydrogens (tertiary/aromatic N) is 7. The first-order valence-electron chi connectivity index (χ1n) is 11.7. The van der Waals surface area contributed by atoms with E-state index in [1.807, 2.05) is 59.9 Å². The molecule has 0 aliphatic carbocycles. The minimum atomic E-state index is -0.204. The maximum absolute atomic E-state index is 13.5. The van der Waals surface area contributed by atoms with Crippen molar-refractivity contribution in [2.45, 2.75) is 40.3 Å². The largest absolute Gasteiger partial charge is 0.347 e. The van der Waals surface area contributed by atoms with Gasteiger partial charge in [-0.15, -0.1) is 10.2 Å². The Labute approximate surface area is 203 Å². The van der Waals surface area contributed by atoms with Crippen LogP contribution < -0.4 is 5.32 Å². The number of fused-ring (bicyclic) bond motifs is 1. The smallest absolute Gasteiger partial charge is 0.259 e. The van der Waals surface area contributed by atoms with E-state index in [9.17, 15) is 4.79 Å². The molecule has 35 heavy (non-hydrogen) atoms. The lowest BCUT2D eigenvalue weighted by molar-refractivity contribution is 0.102. The highest BCUT2D eigenvalue weighted by Crippen LogP contribution is 2.34. The molecule has 0 aliphatic heterocycles. The zero-order chi connectivity index (χ0) is 24.7. The van der Waals surface area contributed by atoms with Gasteiger partial charge >= 0.3 is 0 Å². The number of para-hydroxylation sites is 1. The highest BCUT2D eigenvalue weighted by molar-refractivity contribution is 6.15. The molecule has 0 spiro atoms. The van der Waals surface area contributed by atoms with Crippen molar-refractivity contribution in [3.05, 3.63) is 66.4 Å². The summed E-state index contributed by atoms with van der Waals surface area (Å²) < 4.78 is 5.92. The van der Waals surface area contributed by atoms with E-state index in [2.05, 4.69) is 57.0 Å². The monoisotopic (exact) mass is 468 g/mol. The summed E-state index contributed by atoms with van der Waals surface area (Å²) in [6.45, 7) is 8.94. The van der Waals surface area contributed by atoms with Crippen molar-refractivity contribution >= 4 is 22.6 Å². The molecule has 0 unspecified atom stereocenters. The van der Waals surface area contributed by atoms with Gasteiger partial charge in [-0.2, -0.15) is 5.10 Å². The second-order valence-electron chi connectivity index (χ2n) is 8.82. The lowest BCUT2D eigenvalue weighted by Crippen LogP contribution is -2.14. The number of hydrogen-bond acceptors (Lipinski definition) is 5. The Morgan fingerprint density at radius 1 is 1.14 bits per heavy atom. The SMILES string of the molecule is CCn1cc(-c2cccc3c(C(=O)Nc4cccc(-c5nncn5C(C)C)n4)c(C)n(C)c23)cn1. The predicted octanol–water partition coefficient (Wildman–Crippen LogP) is 4.86. The number of benzene rings is 1. The summed E-state index contributed by atoms with van der Waals surface area (Å²) in [5, 5.41) is 16.5. The third kappa shape index (κ3) is 3.88. The molecule has 0 fully saturated rings. The molecular formula is C26H28N8O. The number of aryl methyl sites for hydroxylation is 2. The Hall–Kier alpha value is -4.27. The number of anilines is 1. The standard InChI is InChI=1S/C26H28N8O/c1-6-33-14-18(13-28-33)19-9-7-10-20-23(17(4)32(5)24(19)20)26(35)30-22-12-8-11-21(29-22)25-31-27-15-34(25)16(2)3/h7-16H,6H2,1-5H3,(H,29,30,35).